The number of ketones is 1. The summed E-state index contributed by atoms with van der Waals surface area (Å²) in [5.74, 6) is -1.55. The Morgan fingerprint density at radius 2 is 1.50 bits per heavy atom. The van der Waals surface area contributed by atoms with Crippen molar-refractivity contribution in [3.8, 4) is 22.7 Å². The SMILES string of the molecule is O=C(c1c(O)c(Cl)c(-c2ccccc2)n(-c2ccccc2)c1=O)C(Cl)Cl. The van der Waals surface area contributed by atoms with Gasteiger partial charge in [-0.2, -0.15) is 0 Å². The highest BCUT2D eigenvalue weighted by Gasteiger charge is 2.29. The molecular formula is C19H12Cl3NO3. The van der Waals surface area contributed by atoms with Gasteiger partial charge in [0.15, 0.2) is 10.6 Å². The fourth-order valence-electron chi connectivity index (χ4n) is 2.64. The minimum Gasteiger partial charge on any atom is -0.505 e. The Balaban J connectivity index is 2.46. The smallest absolute Gasteiger partial charge is 0.270 e. The lowest BCUT2D eigenvalue weighted by atomic mass is 10.1. The largest absolute Gasteiger partial charge is 0.505 e. The first-order valence-corrected chi connectivity index (χ1v) is 8.79. The first kappa shape index (κ1) is 18.5. The van der Waals surface area contributed by atoms with Gasteiger partial charge in [0.25, 0.3) is 5.56 Å². The maximum atomic E-state index is 13.1. The summed E-state index contributed by atoms with van der Waals surface area (Å²) in [6.07, 6.45) is 0. The molecule has 2 aromatic carbocycles. The van der Waals surface area contributed by atoms with E-state index >= 15 is 0 Å². The number of carbonyl (C=O) groups is 1. The number of aromatic nitrogens is 1. The topological polar surface area (TPSA) is 59.3 Å². The minimum absolute atomic E-state index is 0.142. The van der Waals surface area contributed by atoms with Crippen LogP contribution in [-0.4, -0.2) is 20.3 Å². The molecule has 1 aromatic heterocycles. The predicted octanol–water partition coefficient (Wildman–Crippen LogP) is 4.85. The summed E-state index contributed by atoms with van der Waals surface area (Å²) in [5, 5.41) is 10.3. The number of pyridine rings is 1. The van der Waals surface area contributed by atoms with Gasteiger partial charge in [-0.15, -0.1) is 0 Å². The summed E-state index contributed by atoms with van der Waals surface area (Å²) in [4.78, 5) is 23.9. The Morgan fingerprint density at radius 3 is 2.04 bits per heavy atom. The molecule has 26 heavy (non-hydrogen) atoms. The molecule has 0 atom stereocenters. The monoisotopic (exact) mass is 407 g/mol. The molecule has 0 spiro atoms. The number of hydrogen-bond acceptors (Lipinski definition) is 3. The number of nitrogens with zero attached hydrogens (tertiary/aromatic N) is 1. The van der Waals surface area contributed by atoms with E-state index in [1.807, 2.05) is 6.07 Å². The van der Waals surface area contributed by atoms with Crippen LogP contribution < -0.4 is 5.56 Å². The highest BCUT2D eigenvalue weighted by Crippen LogP contribution is 2.37. The molecule has 4 nitrogen and oxygen atoms in total. The van der Waals surface area contributed by atoms with Crippen molar-refractivity contribution >= 4 is 40.6 Å². The van der Waals surface area contributed by atoms with E-state index in [1.54, 1.807) is 54.6 Å². The second kappa shape index (κ2) is 7.54. The quantitative estimate of drug-likeness (QED) is 0.496. The molecule has 0 aliphatic carbocycles. The second-order valence-electron chi connectivity index (χ2n) is 5.39. The van der Waals surface area contributed by atoms with Crippen molar-refractivity contribution in [2.45, 2.75) is 4.84 Å². The van der Waals surface area contributed by atoms with Crippen molar-refractivity contribution in [1.29, 1.82) is 0 Å². The highest BCUT2D eigenvalue weighted by molar-refractivity contribution is 6.55. The molecule has 3 aromatic rings. The van der Waals surface area contributed by atoms with Crippen molar-refractivity contribution in [3.63, 3.8) is 0 Å². The molecule has 0 unspecified atom stereocenters. The van der Waals surface area contributed by atoms with Gasteiger partial charge in [0, 0.05) is 11.3 Å². The van der Waals surface area contributed by atoms with E-state index < -0.39 is 27.5 Å². The van der Waals surface area contributed by atoms with Gasteiger partial charge in [0.05, 0.1) is 5.69 Å². The first-order valence-electron chi connectivity index (χ1n) is 7.54. The fraction of sp³-hybridized carbons (Fsp3) is 0.0526. The number of benzene rings is 2. The van der Waals surface area contributed by atoms with E-state index in [4.69, 9.17) is 34.8 Å². The average molecular weight is 409 g/mol. The summed E-state index contributed by atoms with van der Waals surface area (Å²) in [7, 11) is 0. The number of hydrogen-bond donors (Lipinski definition) is 1. The van der Waals surface area contributed by atoms with Crippen LogP contribution in [0.1, 0.15) is 10.4 Å². The van der Waals surface area contributed by atoms with E-state index in [9.17, 15) is 14.7 Å². The molecule has 0 amide bonds. The molecule has 0 radical (unpaired) electrons. The second-order valence-corrected chi connectivity index (χ2v) is 6.87. The van der Waals surface area contributed by atoms with Gasteiger partial charge in [-0.05, 0) is 12.1 Å². The van der Waals surface area contributed by atoms with E-state index in [0.29, 0.717) is 11.3 Å². The third-order valence-electron chi connectivity index (χ3n) is 3.80. The summed E-state index contributed by atoms with van der Waals surface area (Å²) in [6, 6.07) is 17.5. The maximum Gasteiger partial charge on any atom is 0.270 e. The summed E-state index contributed by atoms with van der Waals surface area (Å²) in [6.45, 7) is 0. The Labute approximate surface area is 164 Å². The van der Waals surface area contributed by atoms with Crippen LogP contribution in [0.3, 0.4) is 0 Å². The summed E-state index contributed by atoms with van der Waals surface area (Å²) in [5.41, 5.74) is 0.0362. The Kier molecular flexibility index (Phi) is 5.37. The highest BCUT2D eigenvalue weighted by atomic mass is 35.5. The number of aromatic hydroxyl groups is 1. The molecule has 0 saturated heterocycles. The maximum absolute atomic E-state index is 13.1. The van der Waals surface area contributed by atoms with Gasteiger partial charge < -0.3 is 5.11 Å². The van der Waals surface area contributed by atoms with Crippen LogP contribution in [0.25, 0.3) is 16.9 Å². The number of Topliss-reactive ketones (excluding diaryl/α,β-unsaturated/α-hetero) is 1. The van der Waals surface area contributed by atoms with Gasteiger partial charge in [0.1, 0.15) is 10.6 Å². The molecule has 0 fully saturated rings. The standard InChI is InChI=1S/C19H12Cl3NO3/c20-14-15(11-7-3-1-4-8-11)23(12-9-5-2-6-10-12)19(26)13(16(14)24)17(25)18(21)22/h1-10,18,24H. The molecule has 3 rings (SSSR count). The molecule has 0 aliphatic heterocycles. The summed E-state index contributed by atoms with van der Waals surface area (Å²) >= 11 is 17.6. The van der Waals surface area contributed by atoms with Crippen LogP contribution in [0.15, 0.2) is 65.5 Å². The van der Waals surface area contributed by atoms with Gasteiger partial charge >= 0.3 is 0 Å². The number of alkyl halides is 2. The van der Waals surface area contributed by atoms with Gasteiger partial charge in [-0.25, -0.2) is 0 Å². The average Bonchev–Trinajstić information content (AvgIpc) is 2.65. The normalized spacial score (nSPS) is 10.9. The zero-order valence-corrected chi connectivity index (χ0v) is 15.5. The lowest BCUT2D eigenvalue weighted by molar-refractivity contribution is 0.100. The fourth-order valence-corrected chi connectivity index (χ4v) is 3.15. The molecular weight excluding hydrogens is 397 g/mol. The van der Waals surface area contributed by atoms with Crippen molar-refractivity contribution in [2.24, 2.45) is 0 Å². The molecule has 1 N–H and O–H groups in total. The molecule has 7 heteroatoms. The molecule has 1 heterocycles. The summed E-state index contributed by atoms with van der Waals surface area (Å²) < 4.78 is 1.26. The van der Waals surface area contributed by atoms with Crippen molar-refractivity contribution in [1.82, 2.24) is 4.57 Å². The Hall–Kier alpha value is -2.27. The van der Waals surface area contributed by atoms with Gasteiger partial charge in [-0.1, -0.05) is 83.3 Å². The first-order chi connectivity index (χ1) is 12.4. The van der Waals surface area contributed by atoms with Crippen LogP contribution >= 0.6 is 34.8 Å². The number of halogens is 3. The van der Waals surface area contributed by atoms with Crippen LogP contribution in [-0.2, 0) is 0 Å². The zero-order valence-electron chi connectivity index (χ0n) is 13.2. The van der Waals surface area contributed by atoms with E-state index in [0.717, 1.165) is 0 Å². The van der Waals surface area contributed by atoms with Crippen LogP contribution in [0.4, 0.5) is 0 Å². The molecule has 132 valence electrons. The van der Waals surface area contributed by atoms with Crippen molar-refractivity contribution in [2.75, 3.05) is 0 Å². The minimum atomic E-state index is -1.50. The number of carbonyl (C=O) groups excluding carboxylic acids is 1. The van der Waals surface area contributed by atoms with Crippen molar-refractivity contribution < 1.29 is 9.90 Å². The number of rotatable bonds is 4. The molecule has 0 aliphatic rings. The van der Waals surface area contributed by atoms with Crippen LogP contribution in [0.5, 0.6) is 5.75 Å². The van der Waals surface area contributed by atoms with Crippen LogP contribution in [0.2, 0.25) is 5.02 Å². The molecule has 0 bridgehead atoms. The Morgan fingerprint density at radius 1 is 0.962 bits per heavy atom. The lowest BCUT2D eigenvalue weighted by Crippen LogP contribution is -2.29. The third-order valence-corrected chi connectivity index (χ3v) is 4.55. The van der Waals surface area contributed by atoms with Crippen molar-refractivity contribution in [3.05, 3.63) is 81.6 Å². The Bertz CT molecular complexity index is 1020. The number of para-hydroxylation sites is 1. The van der Waals surface area contributed by atoms with Gasteiger partial charge in [0.2, 0.25) is 5.78 Å². The van der Waals surface area contributed by atoms with E-state index in [-0.39, 0.29) is 10.7 Å². The predicted molar refractivity (Wildman–Crippen MR) is 104 cm³/mol. The van der Waals surface area contributed by atoms with Gasteiger partial charge in [-0.3, -0.25) is 14.2 Å². The van der Waals surface area contributed by atoms with Crippen LogP contribution in [0, 0.1) is 0 Å². The lowest BCUT2D eigenvalue weighted by Gasteiger charge is -2.18. The third kappa shape index (κ3) is 3.23. The van der Waals surface area contributed by atoms with E-state index in [2.05, 4.69) is 0 Å². The van der Waals surface area contributed by atoms with E-state index in [1.165, 1.54) is 4.57 Å². The molecule has 0 saturated carbocycles. The zero-order chi connectivity index (χ0) is 18.8.